The van der Waals surface area contributed by atoms with Gasteiger partial charge in [-0.25, -0.2) is 0 Å². The number of rotatable bonds is 5. The summed E-state index contributed by atoms with van der Waals surface area (Å²) in [4.78, 5) is 22.6. The fourth-order valence-corrected chi connectivity index (χ4v) is 2.54. The smallest absolute Gasteiger partial charge is 0.316 e. The first kappa shape index (κ1) is 13.5. The van der Waals surface area contributed by atoms with Crippen molar-refractivity contribution >= 4 is 12.3 Å². The lowest BCUT2D eigenvalue weighted by atomic mass is 9.97. The average Bonchev–Trinajstić information content (AvgIpc) is 3.13. The van der Waals surface area contributed by atoms with E-state index in [9.17, 15) is 9.59 Å². The van der Waals surface area contributed by atoms with Gasteiger partial charge in [0.1, 0.15) is 6.29 Å². The van der Waals surface area contributed by atoms with E-state index in [-0.39, 0.29) is 11.9 Å². The fourth-order valence-electron chi connectivity index (χ4n) is 2.54. The monoisotopic (exact) mass is 258 g/mol. The molecule has 3 heteroatoms. The van der Waals surface area contributed by atoms with Gasteiger partial charge in [-0.15, -0.1) is 0 Å². The lowest BCUT2D eigenvalue weighted by Gasteiger charge is -2.12. The van der Waals surface area contributed by atoms with Crippen LogP contribution in [0.1, 0.15) is 30.4 Å². The zero-order valence-electron chi connectivity index (χ0n) is 11.3. The van der Waals surface area contributed by atoms with Crippen LogP contribution >= 0.6 is 0 Å². The zero-order chi connectivity index (χ0) is 13.9. The molecule has 0 N–H and O–H groups in total. The first-order chi connectivity index (χ1) is 9.14. The molecule has 1 aliphatic rings. The molecule has 0 unspecified atom stereocenters. The van der Waals surface area contributed by atoms with Crippen LogP contribution in [0.3, 0.4) is 0 Å². The first-order valence-electron chi connectivity index (χ1n) is 6.51. The molecule has 1 aliphatic carbocycles. The van der Waals surface area contributed by atoms with Crippen LogP contribution in [0.25, 0.3) is 0 Å². The Morgan fingerprint density at radius 2 is 2.32 bits per heavy atom. The lowest BCUT2D eigenvalue weighted by Crippen LogP contribution is -2.19. The summed E-state index contributed by atoms with van der Waals surface area (Å²) in [6, 6.07) is 8.12. The van der Waals surface area contributed by atoms with E-state index in [2.05, 4.69) is 6.07 Å². The minimum absolute atomic E-state index is 0.114. The van der Waals surface area contributed by atoms with Gasteiger partial charge in [0.15, 0.2) is 0 Å². The molecule has 2 rings (SSSR count). The fraction of sp³-hybridized carbons (Fsp3) is 0.375. The Hall–Kier alpha value is -1.90. The average molecular weight is 258 g/mol. The predicted molar refractivity (Wildman–Crippen MR) is 72.8 cm³/mol. The summed E-state index contributed by atoms with van der Waals surface area (Å²) in [5.41, 5.74) is 1.65. The van der Waals surface area contributed by atoms with E-state index in [1.54, 1.807) is 13.0 Å². The Morgan fingerprint density at radius 1 is 1.53 bits per heavy atom. The van der Waals surface area contributed by atoms with Gasteiger partial charge in [-0.1, -0.05) is 35.9 Å². The normalized spacial score (nSPS) is 25.3. The predicted octanol–water partition coefficient (Wildman–Crippen LogP) is 2.79. The molecule has 0 spiro atoms. The van der Waals surface area contributed by atoms with Crippen molar-refractivity contribution in [1.82, 2.24) is 0 Å². The standard InChI is InChI=1S/C16H18O3/c1-3-19-15(18)16(8-5-9-17)11-14(16)13-7-4-6-12(2)10-13/h4-10,14H,3,11H2,1-2H3/b8-5+/t14-,16-/m0/s1. The van der Waals surface area contributed by atoms with Crippen LogP contribution in [0, 0.1) is 12.3 Å². The van der Waals surface area contributed by atoms with Crippen molar-refractivity contribution in [2.45, 2.75) is 26.2 Å². The van der Waals surface area contributed by atoms with Crippen molar-refractivity contribution in [3.8, 4) is 0 Å². The summed E-state index contributed by atoms with van der Waals surface area (Å²) in [5, 5.41) is 0. The van der Waals surface area contributed by atoms with E-state index in [0.717, 1.165) is 5.56 Å². The number of esters is 1. The SMILES string of the molecule is CCOC(=O)[C@@]1(/C=C/C=O)C[C@H]1c1cccc(C)c1. The van der Waals surface area contributed by atoms with Crippen LogP contribution in [-0.2, 0) is 14.3 Å². The number of carbonyl (C=O) groups excluding carboxylic acids is 2. The highest BCUT2D eigenvalue weighted by Gasteiger charge is 2.59. The Bertz CT molecular complexity index is 518. The molecule has 1 saturated carbocycles. The Labute approximate surface area is 113 Å². The van der Waals surface area contributed by atoms with Crippen molar-refractivity contribution in [1.29, 1.82) is 0 Å². The second-order valence-corrected chi connectivity index (χ2v) is 4.93. The third kappa shape index (κ3) is 2.60. The van der Waals surface area contributed by atoms with Crippen LogP contribution in [0.4, 0.5) is 0 Å². The molecular formula is C16H18O3. The van der Waals surface area contributed by atoms with Crippen LogP contribution in [0.2, 0.25) is 0 Å². The summed E-state index contributed by atoms with van der Waals surface area (Å²) in [5.74, 6) is -0.123. The van der Waals surface area contributed by atoms with Crippen molar-refractivity contribution in [2.75, 3.05) is 6.61 Å². The maximum atomic E-state index is 12.1. The molecular weight excluding hydrogens is 240 g/mol. The molecule has 0 amide bonds. The lowest BCUT2D eigenvalue weighted by molar-refractivity contribution is -0.147. The van der Waals surface area contributed by atoms with Gasteiger partial charge in [0.25, 0.3) is 0 Å². The number of ether oxygens (including phenoxy) is 1. The van der Waals surface area contributed by atoms with Crippen LogP contribution in [-0.4, -0.2) is 18.9 Å². The topological polar surface area (TPSA) is 43.4 Å². The highest BCUT2D eigenvalue weighted by molar-refractivity contribution is 5.86. The van der Waals surface area contributed by atoms with E-state index >= 15 is 0 Å². The number of aldehydes is 1. The summed E-state index contributed by atoms with van der Waals surface area (Å²) >= 11 is 0. The Morgan fingerprint density at radius 3 is 2.95 bits per heavy atom. The summed E-state index contributed by atoms with van der Waals surface area (Å²) < 4.78 is 5.14. The first-order valence-corrected chi connectivity index (χ1v) is 6.51. The van der Waals surface area contributed by atoms with Gasteiger partial charge in [0, 0.05) is 5.92 Å². The molecule has 3 nitrogen and oxygen atoms in total. The molecule has 0 aromatic heterocycles. The highest BCUT2D eigenvalue weighted by Crippen LogP contribution is 2.61. The zero-order valence-corrected chi connectivity index (χ0v) is 11.3. The Balaban J connectivity index is 2.27. The van der Waals surface area contributed by atoms with Crippen LogP contribution in [0.5, 0.6) is 0 Å². The molecule has 2 atom stereocenters. The molecule has 0 bridgehead atoms. The number of carbonyl (C=O) groups is 2. The summed E-state index contributed by atoms with van der Waals surface area (Å²) in [6.45, 7) is 4.17. The van der Waals surface area contributed by atoms with E-state index < -0.39 is 5.41 Å². The van der Waals surface area contributed by atoms with Gasteiger partial charge < -0.3 is 4.74 Å². The number of hydrogen-bond acceptors (Lipinski definition) is 3. The van der Waals surface area contributed by atoms with E-state index in [1.165, 1.54) is 11.6 Å². The molecule has 0 aliphatic heterocycles. The molecule has 1 fully saturated rings. The molecule has 1 aromatic carbocycles. The van der Waals surface area contributed by atoms with Gasteiger partial charge in [-0.2, -0.15) is 0 Å². The number of allylic oxidation sites excluding steroid dienone is 1. The molecule has 19 heavy (non-hydrogen) atoms. The molecule has 0 radical (unpaired) electrons. The molecule has 1 aromatic rings. The third-order valence-corrected chi connectivity index (χ3v) is 3.58. The largest absolute Gasteiger partial charge is 0.465 e. The van der Waals surface area contributed by atoms with Gasteiger partial charge in [-0.05, 0) is 31.9 Å². The van der Waals surface area contributed by atoms with Gasteiger partial charge in [0.05, 0.1) is 12.0 Å². The van der Waals surface area contributed by atoms with Gasteiger partial charge in [0.2, 0.25) is 0 Å². The van der Waals surface area contributed by atoms with Gasteiger partial charge in [-0.3, -0.25) is 9.59 Å². The van der Waals surface area contributed by atoms with Crippen molar-refractivity contribution in [3.63, 3.8) is 0 Å². The van der Waals surface area contributed by atoms with Gasteiger partial charge >= 0.3 is 5.97 Å². The van der Waals surface area contributed by atoms with Crippen LogP contribution < -0.4 is 0 Å². The van der Waals surface area contributed by atoms with E-state index in [0.29, 0.717) is 19.3 Å². The van der Waals surface area contributed by atoms with E-state index in [4.69, 9.17) is 4.74 Å². The number of aryl methyl sites for hydroxylation is 1. The summed E-state index contributed by atoms with van der Waals surface area (Å²) in [6.07, 6.45) is 4.49. The van der Waals surface area contributed by atoms with Crippen molar-refractivity contribution in [3.05, 3.63) is 47.5 Å². The second kappa shape index (κ2) is 5.39. The van der Waals surface area contributed by atoms with Crippen molar-refractivity contribution in [2.24, 2.45) is 5.41 Å². The molecule has 100 valence electrons. The van der Waals surface area contributed by atoms with E-state index in [1.807, 2.05) is 25.1 Å². The minimum Gasteiger partial charge on any atom is -0.465 e. The molecule has 0 heterocycles. The summed E-state index contributed by atoms with van der Waals surface area (Å²) in [7, 11) is 0. The number of hydrogen-bond donors (Lipinski definition) is 0. The maximum Gasteiger partial charge on any atom is 0.316 e. The second-order valence-electron chi connectivity index (χ2n) is 4.93. The van der Waals surface area contributed by atoms with Crippen LogP contribution in [0.15, 0.2) is 36.4 Å². The molecule has 0 saturated heterocycles. The third-order valence-electron chi connectivity index (χ3n) is 3.58. The highest BCUT2D eigenvalue weighted by atomic mass is 16.5. The number of benzene rings is 1. The Kier molecular flexibility index (Phi) is 3.84. The maximum absolute atomic E-state index is 12.1. The minimum atomic E-state index is -0.648. The van der Waals surface area contributed by atoms with Crippen molar-refractivity contribution < 1.29 is 14.3 Å². The quantitative estimate of drug-likeness (QED) is 0.463.